The molecule has 0 saturated carbocycles. The smallest absolute Gasteiger partial charge is 0.171 e. The van der Waals surface area contributed by atoms with Crippen molar-refractivity contribution in [3.8, 4) is 11.1 Å². The van der Waals surface area contributed by atoms with E-state index < -0.39 is 7.14 Å². The van der Waals surface area contributed by atoms with Crippen LogP contribution in [0.15, 0.2) is 115 Å². The minimum Gasteiger partial charge on any atom is -0.309 e. The molecule has 0 atom stereocenters. The summed E-state index contributed by atoms with van der Waals surface area (Å²) >= 11 is 0. The van der Waals surface area contributed by atoms with Gasteiger partial charge < -0.3 is 4.57 Å². The molecular formula is C30H25OP. The van der Waals surface area contributed by atoms with E-state index in [1.165, 1.54) is 22.3 Å². The fourth-order valence-electron chi connectivity index (χ4n) is 4.25. The summed E-state index contributed by atoms with van der Waals surface area (Å²) in [6.45, 7) is 4.29. The molecule has 5 rings (SSSR count). The van der Waals surface area contributed by atoms with Crippen molar-refractivity contribution in [2.45, 2.75) is 13.8 Å². The van der Waals surface area contributed by atoms with Gasteiger partial charge in [0.15, 0.2) is 7.14 Å². The van der Waals surface area contributed by atoms with Crippen molar-refractivity contribution in [3.63, 3.8) is 0 Å². The highest BCUT2D eigenvalue weighted by Crippen LogP contribution is 2.43. The Morgan fingerprint density at radius 3 is 1.62 bits per heavy atom. The van der Waals surface area contributed by atoms with Gasteiger partial charge in [0, 0.05) is 15.9 Å². The number of hydrogen-bond donors (Lipinski definition) is 0. The minimum absolute atomic E-state index is 0.859. The van der Waals surface area contributed by atoms with Gasteiger partial charge in [-0.2, -0.15) is 0 Å². The molecule has 156 valence electrons. The molecule has 0 bridgehead atoms. The quantitative estimate of drug-likeness (QED) is 0.287. The Labute approximate surface area is 189 Å². The molecule has 0 unspecified atom stereocenters. The molecule has 0 spiro atoms. The number of fused-ring (bicyclic) bond motifs is 1. The second kappa shape index (κ2) is 8.26. The van der Waals surface area contributed by atoms with Gasteiger partial charge >= 0.3 is 0 Å². The van der Waals surface area contributed by atoms with Crippen LogP contribution in [0.25, 0.3) is 21.9 Å². The zero-order valence-corrected chi connectivity index (χ0v) is 19.2. The first-order valence-electron chi connectivity index (χ1n) is 10.9. The Kier molecular flexibility index (Phi) is 5.29. The zero-order valence-electron chi connectivity index (χ0n) is 18.3. The van der Waals surface area contributed by atoms with Crippen molar-refractivity contribution < 1.29 is 4.57 Å². The molecule has 5 aromatic rings. The van der Waals surface area contributed by atoms with Crippen molar-refractivity contribution >= 4 is 33.8 Å². The second-order valence-corrected chi connectivity index (χ2v) is 11.1. The third-order valence-corrected chi connectivity index (χ3v) is 9.32. The largest absolute Gasteiger partial charge is 0.309 e. The van der Waals surface area contributed by atoms with Gasteiger partial charge in [0.1, 0.15) is 0 Å². The maximum Gasteiger partial charge on any atom is 0.171 e. The lowest BCUT2D eigenvalue weighted by molar-refractivity contribution is 0.592. The van der Waals surface area contributed by atoms with Gasteiger partial charge in [0.25, 0.3) is 0 Å². The van der Waals surface area contributed by atoms with Crippen LogP contribution < -0.4 is 15.9 Å². The van der Waals surface area contributed by atoms with Gasteiger partial charge in [-0.15, -0.1) is 0 Å². The van der Waals surface area contributed by atoms with Crippen LogP contribution in [0.4, 0.5) is 0 Å². The van der Waals surface area contributed by atoms with Gasteiger partial charge in [0.2, 0.25) is 0 Å². The minimum atomic E-state index is -2.96. The maximum atomic E-state index is 14.6. The summed E-state index contributed by atoms with van der Waals surface area (Å²) in [5, 5.41) is 4.83. The molecule has 5 aromatic carbocycles. The summed E-state index contributed by atoms with van der Waals surface area (Å²) in [6.07, 6.45) is 0. The average Bonchev–Trinajstić information content (AvgIpc) is 2.85. The van der Waals surface area contributed by atoms with Gasteiger partial charge in [0.05, 0.1) is 0 Å². The first-order chi connectivity index (χ1) is 15.6. The standard InChI is InChI=1S/C30H25OP/c1-22-13-14-24(19-23(22)2)25-15-16-27-21-30(18-17-26(27)20-25)32(31,28-9-5-3-6-10-28)29-11-7-4-8-12-29/h3-21H,1-2H3. The predicted molar refractivity (Wildman–Crippen MR) is 138 cm³/mol. The van der Waals surface area contributed by atoms with Gasteiger partial charge in [-0.25, -0.2) is 0 Å². The Morgan fingerprint density at radius 2 is 1.00 bits per heavy atom. The van der Waals surface area contributed by atoms with Crippen molar-refractivity contribution in [2.24, 2.45) is 0 Å². The number of hydrogen-bond acceptors (Lipinski definition) is 1. The van der Waals surface area contributed by atoms with Crippen molar-refractivity contribution in [1.29, 1.82) is 0 Å². The van der Waals surface area contributed by atoms with E-state index in [1.54, 1.807) is 0 Å². The normalized spacial score (nSPS) is 11.6. The number of rotatable bonds is 4. The van der Waals surface area contributed by atoms with E-state index in [2.05, 4.69) is 62.4 Å². The fraction of sp³-hybridized carbons (Fsp3) is 0.0667. The molecule has 0 saturated heterocycles. The lowest BCUT2D eigenvalue weighted by atomic mass is 9.98. The van der Waals surface area contributed by atoms with E-state index in [9.17, 15) is 4.57 Å². The zero-order chi connectivity index (χ0) is 22.1. The summed E-state index contributed by atoms with van der Waals surface area (Å²) in [5.74, 6) is 0. The molecule has 32 heavy (non-hydrogen) atoms. The highest BCUT2D eigenvalue weighted by Gasteiger charge is 2.29. The summed E-state index contributed by atoms with van der Waals surface area (Å²) < 4.78 is 14.6. The lowest BCUT2D eigenvalue weighted by Gasteiger charge is -2.20. The van der Waals surface area contributed by atoms with Crippen LogP contribution in [-0.2, 0) is 4.57 Å². The molecule has 2 heteroatoms. The number of benzene rings is 5. The SMILES string of the molecule is Cc1ccc(-c2ccc3cc(P(=O)(c4ccccc4)c4ccccc4)ccc3c2)cc1C. The highest BCUT2D eigenvalue weighted by atomic mass is 31.2. The molecule has 0 N–H and O–H groups in total. The van der Waals surface area contributed by atoms with Crippen LogP contribution in [0.3, 0.4) is 0 Å². The van der Waals surface area contributed by atoms with E-state index in [-0.39, 0.29) is 0 Å². The molecule has 1 nitrogen and oxygen atoms in total. The molecule has 0 aliphatic carbocycles. The van der Waals surface area contributed by atoms with Crippen LogP contribution in [0.2, 0.25) is 0 Å². The Bertz CT molecular complexity index is 1410. The molecule has 0 aromatic heterocycles. The van der Waals surface area contributed by atoms with Crippen LogP contribution in [0.5, 0.6) is 0 Å². The average molecular weight is 433 g/mol. The van der Waals surface area contributed by atoms with Crippen molar-refractivity contribution in [2.75, 3.05) is 0 Å². The Morgan fingerprint density at radius 1 is 0.469 bits per heavy atom. The molecule has 0 amide bonds. The monoisotopic (exact) mass is 432 g/mol. The summed E-state index contributed by atoms with van der Waals surface area (Å²) in [6, 6.07) is 39.0. The molecular weight excluding hydrogens is 407 g/mol. The van der Waals surface area contributed by atoms with E-state index in [0.29, 0.717) is 0 Å². The third kappa shape index (κ3) is 3.60. The molecule has 0 fully saturated rings. The summed E-state index contributed by atoms with van der Waals surface area (Å²) in [5.41, 5.74) is 5.02. The first-order valence-corrected chi connectivity index (χ1v) is 12.6. The highest BCUT2D eigenvalue weighted by molar-refractivity contribution is 7.85. The van der Waals surface area contributed by atoms with Crippen LogP contribution in [0, 0.1) is 13.8 Å². The van der Waals surface area contributed by atoms with E-state index in [1.807, 2.05) is 66.7 Å². The molecule has 0 heterocycles. The first kappa shape index (κ1) is 20.5. The summed E-state index contributed by atoms with van der Waals surface area (Å²) in [4.78, 5) is 0. The van der Waals surface area contributed by atoms with Gasteiger partial charge in [-0.3, -0.25) is 0 Å². The molecule has 0 aliphatic heterocycles. The fourth-order valence-corrected chi connectivity index (χ4v) is 6.94. The Hall–Kier alpha value is -3.41. The van der Waals surface area contributed by atoms with Crippen LogP contribution in [0.1, 0.15) is 11.1 Å². The van der Waals surface area contributed by atoms with Crippen LogP contribution in [-0.4, -0.2) is 0 Å². The van der Waals surface area contributed by atoms with E-state index in [4.69, 9.17) is 0 Å². The summed E-state index contributed by atoms with van der Waals surface area (Å²) in [7, 11) is -2.96. The maximum absolute atomic E-state index is 14.6. The van der Waals surface area contributed by atoms with E-state index in [0.717, 1.165) is 26.7 Å². The van der Waals surface area contributed by atoms with Crippen molar-refractivity contribution in [3.05, 3.63) is 126 Å². The Balaban J connectivity index is 1.64. The lowest BCUT2D eigenvalue weighted by Crippen LogP contribution is -2.24. The van der Waals surface area contributed by atoms with Gasteiger partial charge in [-0.1, -0.05) is 103 Å². The third-order valence-electron chi connectivity index (χ3n) is 6.27. The molecule has 0 radical (unpaired) electrons. The predicted octanol–water partition coefficient (Wildman–Crippen LogP) is 6.76. The second-order valence-electron chi connectivity index (χ2n) is 8.33. The van der Waals surface area contributed by atoms with E-state index >= 15 is 0 Å². The van der Waals surface area contributed by atoms with Crippen molar-refractivity contribution in [1.82, 2.24) is 0 Å². The molecule has 0 aliphatic rings. The topological polar surface area (TPSA) is 17.1 Å². The van der Waals surface area contributed by atoms with Crippen LogP contribution >= 0.6 is 7.14 Å². The van der Waals surface area contributed by atoms with Gasteiger partial charge in [-0.05, 0) is 59.0 Å². The number of aryl methyl sites for hydroxylation is 2.